The Balaban J connectivity index is 0.000000202. The minimum Gasteiger partial charge on any atom is -0.293 e. The van der Waals surface area contributed by atoms with Crippen molar-refractivity contribution in [3.63, 3.8) is 0 Å². The number of aromatic nitrogens is 1. The lowest BCUT2D eigenvalue weighted by Crippen LogP contribution is -2.17. The summed E-state index contributed by atoms with van der Waals surface area (Å²) in [6.07, 6.45) is 13.4. The third kappa shape index (κ3) is 4.81. The van der Waals surface area contributed by atoms with Crippen molar-refractivity contribution in [3.8, 4) is 0 Å². The molecule has 17 heavy (non-hydrogen) atoms. The van der Waals surface area contributed by atoms with Gasteiger partial charge in [-0.3, -0.25) is 15.4 Å². The van der Waals surface area contributed by atoms with Gasteiger partial charge in [0.1, 0.15) is 5.49 Å². The first kappa shape index (κ1) is 13.4. The van der Waals surface area contributed by atoms with Gasteiger partial charge < -0.3 is 0 Å². The van der Waals surface area contributed by atoms with Gasteiger partial charge in [-0.15, -0.1) is 0 Å². The van der Waals surface area contributed by atoms with Crippen molar-refractivity contribution < 1.29 is 0 Å². The van der Waals surface area contributed by atoms with Crippen LogP contribution in [0.5, 0.6) is 0 Å². The number of nitrogens with zero attached hydrogens (tertiary/aromatic N) is 1. The zero-order valence-corrected chi connectivity index (χ0v) is 10.3. The summed E-state index contributed by atoms with van der Waals surface area (Å²) < 4.78 is 1.41. The van der Waals surface area contributed by atoms with Gasteiger partial charge in [0, 0.05) is 6.20 Å². The summed E-state index contributed by atoms with van der Waals surface area (Å²) >= 11 is 0. The van der Waals surface area contributed by atoms with Crippen LogP contribution in [0.1, 0.15) is 44.1 Å². The van der Waals surface area contributed by atoms with E-state index in [4.69, 9.17) is 10.8 Å². The molecule has 0 aromatic carbocycles. The lowest BCUT2D eigenvalue weighted by molar-refractivity contribution is 0.504. The molecule has 0 saturated heterocycles. The van der Waals surface area contributed by atoms with Crippen LogP contribution in [0, 0.1) is 10.8 Å². The Morgan fingerprint density at radius 1 is 1.12 bits per heavy atom. The maximum atomic E-state index is 7.38. The van der Waals surface area contributed by atoms with E-state index in [-0.39, 0.29) is 5.49 Å². The van der Waals surface area contributed by atoms with Crippen molar-refractivity contribution in [2.24, 2.45) is 0 Å². The molecular formula is C14H21N3. The summed E-state index contributed by atoms with van der Waals surface area (Å²) in [6, 6.07) is 3.45. The molecule has 0 amide bonds. The lowest BCUT2D eigenvalue weighted by Gasteiger charge is -2.05. The SMILES string of the molecule is C1CCCCC1.C=Cc1ccn(C=N)c(=N)c1. The van der Waals surface area contributed by atoms with Gasteiger partial charge in [0.25, 0.3) is 0 Å². The van der Waals surface area contributed by atoms with Crippen LogP contribution >= 0.6 is 0 Å². The number of rotatable bonds is 2. The first-order valence-electron chi connectivity index (χ1n) is 6.17. The third-order valence-corrected chi connectivity index (χ3v) is 2.88. The molecule has 92 valence electrons. The lowest BCUT2D eigenvalue weighted by atomic mass is 10.0. The predicted molar refractivity (Wildman–Crippen MR) is 72.3 cm³/mol. The van der Waals surface area contributed by atoms with Crippen LogP contribution in [0.15, 0.2) is 24.9 Å². The highest BCUT2D eigenvalue weighted by Gasteiger charge is 1.95. The molecule has 1 aromatic rings. The van der Waals surface area contributed by atoms with Gasteiger partial charge in [-0.25, -0.2) is 0 Å². The molecule has 3 heteroatoms. The van der Waals surface area contributed by atoms with E-state index < -0.39 is 0 Å². The fraction of sp³-hybridized carbons (Fsp3) is 0.429. The summed E-state index contributed by atoms with van der Waals surface area (Å²) in [7, 11) is 0. The second-order valence-electron chi connectivity index (χ2n) is 4.21. The Morgan fingerprint density at radius 3 is 2.00 bits per heavy atom. The zero-order valence-electron chi connectivity index (χ0n) is 10.3. The number of hydrogen-bond donors (Lipinski definition) is 2. The van der Waals surface area contributed by atoms with E-state index in [1.807, 2.05) is 0 Å². The monoisotopic (exact) mass is 231 g/mol. The molecule has 1 heterocycles. The predicted octanol–water partition coefficient (Wildman–Crippen LogP) is 3.41. The highest BCUT2D eigenvalue weighted by atomic mass is 15.0. The molecule has 2 N–H and O–H groups in total. The zero-order chi connectivity index (χ0) is 12.5. The van der Waals surface area contributed by atoms with Gasteiger partial charge in [-0.05, 0) is 17.7 Å². The van der Waals surface area contributed by atoms with Gasteiger partial charge in [0.2, 0.25) is 0 Å². The molecule has 2 rings (SSSR count). The number of pyridine rings is 1. The van der Waals surface area contributed by atoms with Gasteiger partial charge >= 0.3 is 0 Å². The van der Waals surface area contributed by atoms with Crippen molar-refractivity contribution in [1.29, 1.82) is 10.8 Å². The smallest absolute Gasteiger partial charge is 0.130 e. The van der Waals surface area contributed by atoms with Crippen molar-refractivity contribution in [3.05, 3.63) is 36.0 Å². The Bertz CT molecular complexity index is 402. The standard InChI is InChI=1S/C8H9N3.C6H12/c1-2-7-3-4-11(6-9)8(10)5-7;1-2-4-6-5-3-1/h2-6,9-10H,1H2;1-6H2. The summed E-state index contributed by atoms with van der Waals surface area (Å²) in [5, 5.41) is 14.3. The molecule has 1 aliphatic carbocycles. The minimum absolute atomic E-state index is 0.289. The molecule has 0 spiro atoms. The molecule has 1 fully saturated rings. The van der Waals surface area contributed by atoms with E-state index in [0.717, 1.165) is 11.9 Å². The van der Waals surface area contributed by atoms with E-state index in [9.17, 15) is 0 Å². The molecular weight excluding hydrogens is 210 g/mol. The van der Waals surface area contributed by atoms with Crippen LogP contribution < -0.4 is 5.49 Å². The minimum atomic E-state index is 0.289. The van der Waals surface area contributed by atoms with Gasteiger partial charge in [-0.1, -0.05) is 51.2 Å². The van der Waals surface area contributed by atoms with Crippen LogP contribution in [-0.4, -0.2) is 10.9 Å². The number of hydrogen-bond acceptors (Lipinski definition) is 2. The van der Waals surface area contributed by atoms with E-state index in [1.165, 1.54) is 43.1 Å². The van der Waals surface area contributed by atoms with Crippen molar-refractivity contribution >= 4 is 12.4 Å². The number of nitrogens with one attached hydrogen (secondary N) is 2. The summed E-state index contributed by atoms with van der Waals surface area (Å²) in [4.78, 5) is 0. The molecule has 1 saturated carbocycles. The molecule has 0 aliphatic heterocycles. The molecule has 0 radical (unpaired) electrons. The molecule has 0 atom stereocenters. The van der Waals surface area contributed by atoms with Gasteiger partial charge in [-0.2, -0.15) is 0 Å². The highest BCUT2D eigenvalue weighted by molar-refractivity contribution is 5.55. The summed E-state index contributed by atoms with van der Waals surface area (Å²) in [5.74, 6) is 0. The second-order valence-corrected chi connectivity index (χ2v) is 4.21. The average Bonchev–Trinajstić information content (AvgIpc) is 2.41. The molecule has 0 unspecified atom stereocenters. The topological polar surface area (TPSA) is 52.6 Å². The molecule has 1 aliphatic rings. The second kappa shape index (κ2) is 7.60. The molecule has 0 bridgehead atoms. The Hall–Kier alpha value is -1.64. The largest absolute Gasteiger partial charge is 0.293 e. The van der Waals surface area contributed by atoms with Crippen molar-refractivity contribution in [1.82, 2.24) is 4.57 Å². The first-order chi connectivity index (χ1) is 8.27. The fourth-order valence-corrected chi connectivity index (χ4v) is 1.83. The Labute approximate surface area is 103 Å². The maximum Gasteiger partial charge on any atom is 0.130 e. The average molecular weight is 231 g/mol. The summed E-state index contributed by atoms with van der Waals surface area (Å²) in [6.45, 7) is 3.58. The van der Waals surface area contributed by atoms with E-state index >= 15 is 0 Å². The van der Waals surface area contributed by atoms with E-state index in [0.29, 0.717) is 0 Å². The highest BCUT2D eigenvalue weighted by Crippen LogP contribution is 2.15. The third-order valence-electron chi connectivity index (χ3n) is 2.88. The van der Waals surface area contributed by atoms with Gasteiger partial charge in [0.15, 0.2) is 0 Å². The quantitative estimate of drug-likeness (QED) is 0.579. The van der Waals surface area contributed by atoms with Crippen molar-refractivity contribution in [2.75, 3.05) is 0 Å². The fourth-order valence-electron chi connectivity index (χ4n) is 1.83. The van der Waals surface area contributed by atoms with Crippen LogP contribution in [-0.2, 0) is 0 Å². The first-order valence-corrected chi connectivity index (χ1v) is 6.17. The Morgan fingerprint density at radius 2 is 1.65 bits per heavy atom. The molecule has 3 nitrogen and oxygen atoms in total. The summed E-state index contributed by atoms with van der Waals surface area (Å²) in [5.41, 5.74) is 1.19. The van der Waals surface area contributed by atoms with E-state index in [2.05, 4.69) is 6.58 Å². The maximum absolute atomic E-state index is 7.38. The van der Waals surface area contributed by atoms with Crippen LogP contribution in [0.2, 0.25) is 0 Å². The molecule has 1 aromatic heterocycles. The van der Waals surface area contributed by atoms with Gasteiger partial charge in [0.05, 0.1) is 6.34 Å². The van der Waals surface area contributed by atoms with Crippen molar-refractivity contribution in [2.45, 2.75) is 38.5 Å². The van der Waals surface area contributed by atoms with Crippen LogP contribution in [0.4, 0.5) is 0 Å². The normalized spacial score (nSPS) is 14.4. The Kier molecular flexibility index (Phi) is 6.00. The van der Waals surface area contributed by atoms with Crippen LogP contribution in [0.25, 0.3) is 6.08 Å². The van der Waals surface area contributed by atoms with Crippen LogP contribution in [0.3, 0.4) is 0 Å². The van der Waals surface area contributed by atoms with E-state index in [1.54, 1.807) is 24.4 Å².